The molecule has 0 radical (unpaired) electrons. The van der Waals surface area contributed by atoms with Crippen molar-refractivity contribution in [2.24, 2.45) is 5.73 Å². The first-order valence-electron chi connectivity index (χ1n) is 6.02. The number of halogens is 1. The van der Waals surface area contributed by atoms with E-state index < -0.39 is 0 Å². The Kier molecular flexibility index (Phi) is 4.20. The summed E-state index contributed by atoms with van der Waals surface area (Å²) in [7, 11) is 1.56. The molecule has 0 saturated carbocycles. The molecule has 3 N–H and O–H groups in total. The third-order valence-electron chi connectivity index (χ3n) is 2.88. The van der Waals surface area contributed by atoms with E-state index >= 15 is 0 Å². The summed E-state index contributed by atoms with van der Waals surface area (Å²) in [4.78, 5) is 0.239. The normalized spacial score (nSPS) is 10.2. The second kappa shape index (κ2) is 5.88. The van der Waals surface area contributed by atoms with Crippen molar-refractivity contribution in [2.75, 3.05) is 12.4 Å². The summed E-state index contributed by atoms with van der Waals surface area (Å²) in [5.74, 6) is 0.299. The number of nitrogens with two attached hydrogens (primary N) is 1. The molecule has 0 unspecified atom stereocenters. The van der Waals surface area contributed by atoms with E-state index in [0.717, 1.165) is 5.56 Å². The van der Waals surface area contributed by atoms with Crippen LogP contribution >= 0.6 is 12.2 Å². The number of hydrogen-bond donors (Lipinski definition) is 2. The fourth-order valence-electron chi connectivity index (χ4n) is 1.85. The number of hydrogen-bond acceptors (Lipinski definition) is 3. The summed E-state index contributed by atoms with van der Waals surface area (Å²) < 4.78 is 19.0. The smallest absolute Gasteiger partial charge is 0.146 e. The highest BCUT2D eigenvalue weighted by atomic mass is 32.1. The van der Waals surface area contributed by atoms with Crippen molar-refractivity contribution < 1.29 is 9.13 Å². The molecular formula is C15H15FN2OS. The predicted molar refractivity (Wildman–Crippen MR) is 83.3 cm³/mol. The van der Waals surface area contributed by atoms with Crippen LogP contribution in [0.2, 0.25) is 0 Å². The molecule has 5 heteroatoms. The Morgan fingerprint density at radius 2 is 1.95 bits per heavy atom. The minimum absolute atomic E-state index is 0.239. The molecule has 0 fully saturated rings. The average Bonchev–Trinajstić information content (AvgIpc) is 2.42. The van der Waals surface area contributed by atoms with Gasteiger partial charge in [-0.25, -0.2) is 4.39 Å². The highest BCUT2D eigenvalue weighted by molar-refractivity contribution is 7.80. The topological polar surface area (TPSA) is 47.3 Å². The number of nitrogens with one attached hydrogen (secondary N) is 1. The maximum absolute atomic E-state index is 13.8. The number of methoxy groups -OCH3 is 1. The van der Waals surface area contributed by atoms with Crippen molar-refractivity contribution >= 4 is 28.6 Å². The Balaban J connectivity index is 2.45. The van der Waals surface area contributed by atoms with Crippen molar-refractivity contribution in [2.45, 2.75) is 6.92 Å². The van der Waals surface area contributed by atoms with Gasteiger partial charge in [-0.3, -0.25) is 0 Å². The van der Waals surface area contributed by atoms with Gasteiger partial charge in [0.05, 0.1) is 18.5 Å². The summed E-state index contributed by atoms with van der Waals surface area (Å²) in [6.45, 7) is 1.89. The standard InChI is InChI=1S/C15H15FN2OS/c1-9-3-6-12(16)14(7-9)18-13-8-10(19-2)4-5-11(13)15(17)20/h3-8,18H,1-2H3,(H2,17,20). The minimum atomic E-state index is -0.340. The van der Waals surface area contributed by atoms with Crippen molar-refractivity contribution in [3.05, 3.63) is 53.3 Å². The lowest BCUT2D eigenvalue weighted by Crippen LogP contribution is -2.12. The van der Waals surface area contributed by atoms with Gasteiger partial charge in [0.2, 0.25) is 0 Å². The molecule has 0 aliphatic heterocycles. The van der Waals surface area contributed by atoms with E-state index in [1.54, 1.807) is 37.4 Å². The number of ether oxygens (including phenoxy) is 1. The predicted octanol–water partition coefficient (Wildman–Crippen LogP) is 3.52. The summed E-state index contributed by atoms with van der Waals surface area (Å²) in [5.41, 5.74) is 8.26. The molecule has 0 heterocycles. The zero-order valence-corrected chi connectivity index (χ0v) is 12.1. The lowest BCUT2D eigenvalue weighted by Gasteiger charge is -2.14. The van der Waals surface area contributed by atoms with E-state index in [-0.39, 0.29) is 10.8 Å². The van der Waals surface area contributed by atoms with Gasteiger partial charge in [-0.2, -0.15) is 0 Å². The van der Waals surface area contributed by atoms with Gasteiger partial charge < -0.3 is 15.8 Å². The SMILES string of the molecule is COc1ccc(C(N)=S)c(Nc2cc(C)ccc2F)c1. The molecular weight excluding hydrogens is 275 g/mol. The Bertz CT molecular complexity index is 658. The van der Waals surface area contributed by atoms with Gasteiger partial charge in [-0.1, -0.05) is 18.3 Å². The minimum Gasteiger partial charge on any atom is -0.497 e. The lowest BCUT2D eigenvalue weighted by molar-refractivity contribution is 0.415. The highest BCUT2D eigenvalue weighted by Crippen LogP contribution is 2.27. The van der Waals surface area contributed by atoms with Crippen LogP contribution in [0, 0.1) is 12.7 Å². The fourth-order valence-corrected chi connectivity index (χ4v) is 2.03. The maximum atomic E-state index is 13.8. The molecule has 0 spiro atoms. The number of rotatable bonds is 4. The van der Waals surface area contributed by atoms with Gasteiger partial charge in [-0.05, 0) is 36.8 Å². The van der Waals surface area contributed by atoms with Gasteiger partial charge in [0, 0.05) is 11.6 Å². The zero-order chi connectivity index (χ0) is 14.7. The molecule has 104 valence electrons. The van der Waals surface area contributed by atoms with Crippen molar-refractivity contribution in [3.63, 3.8) is 0 Å². The third kappa shape index (κ3) is 3.05. The summed E-state index contributed by atoms with van der Waals surface area (Å²) in [6.07, 6.45) is 0. The van der Waals surface area contributed by atoms with E-state index in [1.165, 1.54) is 6.07 Å². The van der Waals surface area contributed by atoms with E-state index in [4.69, 9.17) is 22.7 Å². The van der Waals surface area contributed by atoms with Gasteiger partial charge in [0.15, 0.2) is 0 Å². The van der Waals surface area contributed by atoms with Crippen LogP contribution < -0.4 is 15.8 Å². The summed E-state index contributed by atoms with van der Waals surface area (Å²) in [5, 5.41) is 3.02. The molecule has 2 rings (SSSR count). The number of anilines is 2. The van der Waals surface area contributed by atoms with E-state index in [2.05, 4.69) is 5.32 Å². The molecule has 0 aliphatic carbocycles. The Morgan fingerprint density at radius 1 is 1.20 bits per heavy atom. The van der Waals surface area contributed by atoms with Crippen LogP contribution in [-0.2, 0) is 0 Å². The molecule has 0 saturated heterocycles. The summed E-state index contributed by atoms with van der Waals surface area (Å²) >= 11 is 5.01. The van der Waals surface area contributed by atoms with Gasteiger partial charge in [0.25, 0.3) is 0 Å². The van der Waals surface area contributed by atoms with Gasteiger partial charge >= 0.3 is 0 Å². The molecule has 3 nitrogen and oxygen atoms in total. The first kappa shape index (κ1) is 14.3. The fraction of sp³-hybridized carbons (Fsp3) is 0.133. The van der Waals surface area contributed by atoms with Crippen LogP contribution in [-0.4, -0.2) is 12.1 Å². The van der Waals surface area contributed by atoms with Crippen LogP contribution in [0.5, 0.6) is 5.75 Å². The van der Waals surface area contributed by atoms with Crippen LogP contribution in [0.4, 0.5) is 15.8 Å². The monoisotopic (exact) mass is 290 g/mol. The van der Waals surface area contributed by atoms with Crippen molar-refractivity contribution in [1.29, 1.82) is 0 Å². The van der Waals surface area contributed by atoms with E-state index in [0.29, 0.717) is 22.7 Å². The zero-order valence-electron chi connectivity index (χ0n) is 11.2. The molecule has 0 bridgehead atoms. The number of benzene rings is 2. The van der Waals surface area contributed by atoms with Gasteiger partial charge in [-0.15, -0.1) is 0 Å². The second-order valence-corrected chi connectivity index (χ2v) is 4.82. The summed E-state index contributed by atoms with van der Waals surface area (Å²) in [6, 6.07) is 10.1. The lowest BCUT2D eigenvalue weighted by atomic mass is 10.1. The van der Waals surface area contributed by atoms with Gasteiger partial charge in [0.1, 0.15) is 16.6 Å². The molecule has 0 atom stereocenters. The Labute approximate surface area is 122 Å². The first-order valence-corrected chi connectivity index (χ1v) is 6.43. The number of thiocarbonyl (C=S) groups is 1. The second-order valence-electron chi connectivity index (χ2n) is 4.38. The molecule has 0 amide bonds. The van der Waals surface area contributed by atoms with Crippen LogP contribution in [0.25, 0.3) is 0 Å². The molecule has 2 aromatic rings. The maximum Gasteiger partial charge on any atom is 0.146 e. The van der Waals surface area contributed by atoms with Crippen molar-refractivity contribution in [1.82, 2.24) is 0 Å². The van der Waals surface area contributed by atoms with E-state index in [1.807, 2.05) is 6.92 Å². The van der Waals surface area contributed by atoms with Crippen molar-refractivity contribution in [3.8, 4) is 5.75 Å². The molecule has 0 aliphatic rings. The quantitative estimate of drug-likeness (QED) is 0.846. The largest absolute Gasteiger partial charge is 0.497 e. The van der Waals surface area contributed by atoms with Crippen LogP contribution in [0.15, 0.2) is 36.4 Å². The molecule has 2 aromatic carbocycles. The van der Waals surface area contributed by atoms with Crippen LogP contribution in [0.3, 0.4) is 0 Å². The molecule has 0 aromatic heterocycles. The average molecular weight is 290 g/mol. The number of aryl methyl sites for hydroxylation is 1. The Hall–Kier alpha value is -2.14. The van der Waals surface area contributed by atoms with E-state index in [9.17, 15) is 4.39 Å². The third-order valence-corrected chi connectivity index (χ3v) is 3.10. The van der Waals surface area contributed by atoms with Crippen LogP contribution in [0.1, 0.15) is 11.1 Å². The highest BCUT2D eigenvalue weighted by Gasteiger charge is 2.10. The molecule has 20 heavy (non-hydrogen) atoms. The Morgan fingerprint density at radius 3 is 2.60 bits per heavy atom. The first-order chi connectivity index (χ1) is 9.51.